The van der Waals surface area contributed by atoms with Gasteiger partial charge in [0.15, 0.2) is 23.0 Å². The molecule has 1 aliphatic heterocycles. The van der Waals surface area contributed by atoms with Crippen molar-refractivity contribution in [1.82, 2.24) is 0 Å². The molecule has 1 saturated heterocycles. The summed E-state index contributed by atoms with van der Waals surface area (Å²) >= 11 is 0. The first kappa shape index (κ1) is 15.9. The van der Waals surface area contributed by atoms with Crippen molar-refractivity contribution in [2.75, 3.05) is 0 Å². The first-order valence-electron chi connectivity index (χ1n) is 9.67. The van der Waals surface area contributed by atoms with Gasteiger partial charge in [-0.1, -0.05) is 26.0 Å². The maximum absolute atomic E-state index is 12.4. The number of rotatable bonds is 1. The summed E-state index contributed by atoms with van der Waals surface area (Å²) in [5.74, 6) is 1.26. The fraction of sp³-hybridized carbons (Fsp3) is 0.762. The second-order valence-corrected chi connectivity index (χ2v) is 9.60. The highest BCUT2D eigenvalue weighted by atomic mass is 16.6. The average molecular weight is 342 g/mol. The standard InChI is InChI=1S/C21H26O4/c1-11(22)21-18(25-21)9-15-13-5-4-12-8-16(23)17(24)10-19(12,2)14(13)6-7-20(15,21)3/h4-5,12-15,18H,6-10H2,1-3H3/t12?,13-,14+,15+,18?,19+,20+,21-/m1/s1. The molecule has 25 heavy (non-hydrogen) atoms. The second kappa shape index (κ2) is 4.51. The number of fused-ring (bicyclic) bond motifs is 7. The van der Waals surface area contributed by atoms with Crippen LogP contribution in [0.4, 0.5) is 0 Å². The number of hydrogen-bond donors (Lipinski definition) is 0. The zero-order valence-electron chi connectivity index (χ0n) is 15.2. The molecule has 134 valence electrons. The minimum Gasteiger partial charge on any atom is -0.357 e. The summed E-state index contributed by atoms with van der Waals surface area (Å²) in [5, 5.41) is 0. The van der Waals surface area contributed by atoms with Crippen molar-refractivity contribution in [3.63, 3.8) is 0 Å². The Bertz CT molecular complexity index is 738. The van der Waals surface area contributed by atoms with Crippen molar-refractivity contribution in [2.24, 2.45) is 34.5 Å². The summed E-state index contributed by atoms with van der Waals surface area (Å²) in [7, 11) is 0. The Morgan fingerprint density at radius 1 is 1.16 bits per heavy atom. The molecule has 0 amide bonds. The highest BCUT2D eigenvalue weighted by Gasteiger charge is 2.79. The topological polar surface area (TPSA) is 63.7 Å². The summed E-state index contributed by atoms with van der Waals surface area (Å²) in [4.78, 5) is 36.5. The molecule has 5 rings (SSSR count). The lowest BCUT2D eigenvalue weighted by molar-refractivity contribution is -0.149. The van der Waals surface area contributed by atoms with Crippen molar-refractivity contribution in [2.45, 2.75) is 64.6 Å². The van der Waals surface area contributed by atoms with Gasteiger partial charge in [0.1, 0.15) is 0 Å². The zero-order valence-corrected chi connectivity index (χ0v) is 15.2. The maximum Gasteiger partial charge on any atom is 0.199 e. The SMILES string of the molecule is CC(=O)[C@@]12OC1C[C@H]1[C@@H]3C=CC4CC(=O)C(=O)C[C@]4(C)[C@H]3CC[C@@]12C. The van der Waals surface area contributed by atoms with Gasteiger partial charge in [-0.15, -0.1) is 0 Å². The van der Waals surface area contributed by atoms with Crippen LogP contribution in [0.1, 0.15) is 52.9 Å². The molecular weight excluding hydrogens is 316 g/mol. The third kappa shape index (κ3) is 1.66. The molecule has 3 saturated carbocycles. The van der Waals surface area contributed by atoms with Gasteiger partial charge in [-0.3, -0.25) is 14.4 Å². The Morgan fingerprint density at radius 3 is 2.64 bits per heavy atom. The minimum absolute atomic E-state index is 0.0900. The highest BCUT2D eigenvalue weighted by molar-refractivity contribution is 6.38. The van der Waals surface area contributed by atoms with Crippen LogP contribution in [0.15, 0.2) is 12.2 Å². The number of epoxide rings is 1. The predicted octanol–water partition coefficient (Wildman–Crippen LogP) is 2.89. The Balaban J connectivity index is 1.53. The maximum atomic E-state index is 12.4. The largest absolute Gasteiger partial charge is 0.357 e. The normalized spacial score (nSPS) is 55.9. The van der Waals surface area contributed by atoms with E-state index < -0.39 is 5.60 Å². The number of carbonyl (C=O) groups excluding carboxylic acids is 3. The number of ketones is 3. The lowest BCUT2D eigenvalue weighted by Crippen LogP contribution is -2.56. The number of ether oxygens (including phenoxy) is 1. The number of carbonyl (C=O) groups is 3. The highest BCUT2D eigenvalue weighted by Crippen LogP contribution is 2.72. The van der Waals surface area contributed by atoms with E-state index in [0.29, 0.717) is 30.6 Å². The zero-order chi connectivity index (χ0) is 17.8. The molecule has 0 N–H and O–H groups in total. The molecule has 0 radical (unpaired) electrons. The van der Waals surface area contributed by atoms with Crippen molar-refractivity contribution in [3.05, 3.63) is 12.2 Å². The molecule has 4 heteroatoms. The number of allylic oxidation sites excluding steroid dienone is 2. The van der Waals surface area contributed by atoms with E-state index in [0.717, 1.165) is 19.3 Å². The Labute approximate surface area is 148 Å². The summed E-state index contributed by atoms with van der Waals surface area (Å²) in [6.45, 7) is 6.15. The van der Waals surface area contributed by atoms with E-state index >= 15 is 0 Å². The van der Waals surface area contributed by atoms with Gasteiger partial charge in [-0.25, -0.2) is 0 Å². The van der Waals surface area contributed by atoms with Crippen molar-refractivity contribution >= 4 is 17.3 Å². The Hall–Kier alpha value is -1.29. The smallest absolute Gasteiger partial charge is 0.199 e. The Morgan fingerprint density at radius 2 is 1.92 bits per heavy atom. The minimum atomic E-state index is -0.549. The molecule has 5 aliphatic rings. The van der Waals surface area contributed by atoms with E-state index in [4.69, 9.17) is 4.74 Å². The molecule has 1 heterocycles. The predicted molar refractivity (Wildman–Crippen MR) is 90.7 cm³/mol. The molecule has 0 aromatic heterocycles. The van der Waals surface area contributed by atoms with E-state index in [1.165, 1.54) is 0 Å². The van der Waals surface area contributed by atoms with Crippen LogP contribution in [-0.4, -0.2) is 29.1 Å². The van der Waals surface area contributed by atoms with Crippen molar-refractivity contribution in [1.29, 1.82) is 0 Å². The molecule has 0 spiro atoms. The van der Waals surface area contributed by atoms with Crippen LogP contribution < -0.4 is 0 Å². The summed E-state index contributed by atoms with van der Waals surface area (Å²) in [6, 6.07) is 0. The van der Waals surface area contributed by atoms with Crippen LogP contribution in [0.3, 0.4) is 0 Å². The van der Waals surface area contributed by atoms with Crippen molar-refractivity contribution < 1.29 is 19.1 Å². The van der Waals surface area contributed by atoms with Gasteiger partial charge >= 0.3 is 0 Å². The van der Waals surface area contributed by atoms with Crippen molar-refractivity contribution in [3.8, 4) is 0 Å². The summed E-state index contributed by atoms with van der Waals surface area (Å²) < 4.78 is 5.94. The molecular formula is C21H26O4. The van der Waals surface area contributed by atoms with Gasteiger partial charge in [-0.2, -0.15) is 0 Å². The van der Waals surface area contributed by atoms with Crippen LogP contribution in [0, 0.1) is 34.5 Å². The lowest BCUT2D eigenvalue weighted by Gasteiger charge is -2.57. The molecule has 4 nitrogen and oxygen atoms in total. The van der Waals surface area contributed by atoms with Crippen LogP contribution in [-0.2, 0) is 19.1 Å². The van der Waals surface area contributed by atoms with E-state index in [9.17, 15) is 14.4 Å². The molecule has 2 unspecified atom stereocenters. The van der Waals surface area contributed by atoms with Crippen LogP contribution in [0.2, 0.25) is 0 Å². The van der Waals surface area contributed by atoms with E-state index in [1.807, 2.05) is 0 Å². The van der Waals surface area contributed by atoms with Crippen LogP contribution in [0.5, 0.6) is 0 Å². The molecule has 4 aliphatic carbocycles. The molecule has 8 atom stereocenters. The van der Waals surface area contributed by atoms with Crippen LogP contribution >= 0.6 is 0 Å². The van der Waals surface area contributed by atoms with E-state index in [1.54, 1.807) is 6.92 Å². The summed E-state index contributed by atoms with van der Waals surface area (Å²) in [5.41, 5.74) is -0.748. The van der Waals surface area contributed by atoms with Gasteiger partial charge < -0.3 is 4.74 Å². The lowest BCUT2D eigenvalue weighted by atomic mass is 9.46. The van der Waals surface area contributed by atoms with E-state index in [2.05, 4.69) is 26.0 Å². The number of hydrogen-bond acceptors (Lipinski definition) is 4. The third-order valence-electron chi connectivity index (χ3n) is 8.80. The molecule has 0 bridgehead atoms. The fourth-order valence-corrected chi connectivity index (χ4v) is 7.38. The number of Topliss-reactive ketones (excluding diaryl/α,β-unsaturated/α-hetero) is 3. The monoisotopic (exact) mass is 342 g/mol. The van der Waals surface area contributed by atoms with Gasteiger partial charge in [0.2, 0.25) is 0 Å². The molecule has 0 aromatic rings. The second-order valence-electron chi connectivity index (χ2n) is 9.60. The quantitative estimate of drug-likeness (QED) is 0.417. The van der Waals surface area contributed by atoms with Gasteiger partial charge in [0.25, 0.3) is 0 Å². The fourth-order valence-electron chi connectivity index (χ4n) is 7.38. The van der Waals surface area contributed by atoms with E-state index in [-0.39, 0.29) is 40.2 Å². The third-order valence-corrected chi connectivity index (χ3v) is 8.80. The van der Waals surface area contributed by atoms with Crippen LogP contribution in [0.25, 0.3) is 0 Å². The van der Waals surface area contributed by atoms with Gasteiger partial charge in [-0.05, 0) is 55.3 Å². The first-order chi connectivity index (χ1) is 11.7. The van der Waals surface area contributed by atoms with Gasteiger partial charge in [0, 0.05) is 18.3 Å². The summed E-state index contributed by atoms with van der Waals surface area (Å²) in [6.07, 6.45) is 8.34. The Kier molecular flexibility index (Phi) is 2.87. The first-order valence-corrected chi connectivity index (χ1v) is 9.67. The molecule has 0 aromatic carbocycles. The molecule has 4 fully saturated rings. The average Bonchev–Trinajstić information content (AvgIpc) is 3.22. The van der Waals surface area contributed by atoms with Gasteiger partial charge in [0.05, 0.1) is 6.10 Å².